The highest BCUT2D eigenvalue weighted by atomic mass is 32.2. The Bertz CT molecular complexity index is 1280. The zero-order valence-corrected chi connectivity index (χ0v) is 17.6. The molecule has 32 heavy (non-hydrogen) atoms. The summed E-state index contributed by atoms with van der Waals surface area (Å²) in [6.45, 7) is 0. The minimum absolute atomic E-state index is 0.0244. The van der Waals surface area contributed by atoms with E-state index >= 15 is 0 Å². The van der Waals surface area contributed by atoms with Crippen molar-refractivity contribution in [3.63, 3.8) is 0 Å². The van der Waals surface area contributed by atoms with E-state index in [2.05, 4.69) is 0 Å². The lowest BCUT2D eigenvalue weighted by atomic mass is 10.1. The highest BCUT2D eigenvalue weighted by molar-refractivity contribution is 8.27. The molecule has 1 fully saturated rings. The number of carbonyl (C=O) groups is 2. The van der Waals surface area contributed by atoms with Crippen LogP contribution in [0.15, 0.2) is 70.0 Å². The number of halogens is 3. The summed E-state index contributed by atoms with van der Waals surface area (Å²) >= 11 is 6.16. The molecule has 0 saturated carbocycles. The average molecular weight is 475 g/mol. The van der Waals surface area contributed by atoms with Crippen LogP contribution in [0.5, 0.6) is 0 Å². The molecular weight excluding hydrogens is 463 g/mol. The molecule has 0 aliphatic carbocycles. The lowest BCUT2D eigenvalue weighted by Gasteiger charge is -2.16. The van der Waals surface area contributed by atoms with E-state index in [4.69, 9.17) is 21.7 Å². The van der Waals surface area contributed by atoms with Crippen LogP contribution in [0.3, 0.4) is 0 Å². The van der Waals surface area contributed by atoms with Crippen LogP contribution < -0.4 is 4.90 Å². The zero-order valence-electron chi connectivity index (χ0n) is 15.9. The monoisotopic (exact) mass is 475 g/mol. The molecule has 0 spiro atoms. The van der Waals surface area contributed by atoms with Crippen molar-refractivity contribution in [2.24, 2.45) is 0 Å². The number of thioether (sulfide) groups is 1. The van der Waals surface area contributed by atoms with Crippen LogP contribution in [0.4, 0.5) is 18.9 Å². The van der Waals surface area contributed by atoms with E-state index in [9.17, 15) is 22.8 Å². The summed E-state index contributed by atoms with van der Waals surface area (Å²) in [5.41, 5.74) is -0.216. The number of nitrogens with zero attached hydrogens (tertiary/aromatic N) is 1. The van der Waals surface area contributed by atoms with Crippen molar-refractivity contribution < 1.29 is 32.3 Å². The number of anilines is 1. The maximum Gasteiger partial charge on any atom is 0.416 e. The third-order valence-electron chi connectivity index (χ3n) is 4.52. The molecular formula is C22H12F3NO4S2. The van der Waals surface area contributed by atoms with Crippen molar-refractivity contribution in [2.75, 3.05) is 4.90 Å². The fraction of sp³-hybridized carbons (Fsp3) is 0.0455. The number of carbonyl (C=O) groups excluding carboxylic acids is 1. The fourth-order valence-electron chi connectivity index (χ4n) is 3.03. The molecule has 0 radical (unpaired) electrons. The number of amides is 1. The summed E-state index contributed by atoms with van der Waals surface area (Å²) < 4.78 is 44.9. The van der Waals surface area contributed by atoms with Gasteiger partial charge < -0.3 is 9.52 Å². The van der Waals surface area contributed by atoms with Gasteiger partial charge in [0.25, 0.3) is 5.91 Å². The SMILES string of the molecule is O=C(O)c1cccc(-c2ccc(C=C3SC(=S)N(c4cccc(C(F)(F)F)c4)C3=O)o2)c1. The van der Waals surface area contributed by atoms with Crippen molar-refractivity contribution in [1.29, 1.82) is 0 Å². The summed E-state index contributed by atoms with van der Waals surface area (Å²) in [6.07, 6.45) is -3.10. The second-order valence-electron chi connectivity index (χ2n) is 6.65. The first kappa shape index (κ1) is 21.8. The lowest BCUT2D eigenvalue weighted by Crippen LogP contribution is -2.27. The zero-order chi connectivity index (χ0) is 23.0. The van der Waals surface area contributed by atoms with E-state index in [-0.39, 0.29) is 20.5 Å². The normalized spacial score (nSPS) is 15.6. The quantitative estimate of drug-likeness (QED) is 0.365. The number of aromatic carboxylic acids is 1. The minimum atomic E-state index is -4.55. The first-order valence-electron chi connectivity index (χ1n) is 9.02. The minimum Gasteiger partial charge on any atom is -0.478 e. The first-order chi connectivity index (χ1) is 15.1. The predicted molar refractivity (Wildman–Crippen MR) is 118 cm³/mol. The molecule has 4 rings (SSSR count). The van der Waals surface area contributed by atoms with Crippen LogP contribution in [-0.4, -0.2) is 21.3 Å². The second kappa shape index (κ2) is 8.29. The van der Waals surface area contributed by atoms with Crippen LogP contribution >= 0.6 is 24.0 Å². The third-order valence-corrected chi connectivity index (χ3v) is 5.82. The molecule has 10 heteroatoms. The van der Waals surface area contributed by atoms with Crippen LogP contribution in [0.2, 0.25) is 0 Å². The molecule has 0 bridgehead atoms. The van der Waals surface area contributed by atoms with Crippen LogP contribution in [-0.2, 0) is 11.0 Å². The highest BCUT2D eigenvalue weighted by Crippen LogP contribution is 2.38. The number of alkyl halides is 3. The Morgan fingerprint density at radius 1 is 1.09 bits per heavy atom. The van der Waals surface area contributed by atoms with E-state index in [1.807, 2.05) is 0 Å². The fourth-order valence-corrected chi connectivity index (χ4v) is 4.31. The molecule has 3 aromatic rings. The Morgan fingerprint density at radius 2 is 1.84 bits per heavy atom. The van der Waals surface area contributed by atoms with E-state index in [1.165, 1.54) is 30.3 Å². The van der Waals surface area contributed by atoms with Crippen molar-refractivity contribution in [3.8, 4) is 11.3 Å². The van der Waals surface area contributed by atoms with Gasteiger partial charge in [0.2, 0.25) is 0 Å². The number of rotatable bonds is 4. The summed E-state index contributed by atoms with van der Waals surface area (Å²) in [5.74, 6) is -0.931. The van der Waals surface area contributed by atoms with Gasteiger partial charge in [0.1, 0.15) is 11.5 Å². The molecule has 2 aromatic carbocycles. The lowest BCUT2D eigenvalue weighted by molar-refractivity contribution is -0.137. The van der Waals surface area contributed by atoms with Crippen molar-refractivity contribution in [1.82, 2.24) is 0 Å². The van der Waals surface area contributed by atoms with E-state index in [1.54, 1.807) is 24.3 Å². The van der Waals surface area contributed by atoms with E-state index in [0.717, 1.165) is 28.8 Å². The summed E-state index contributed by atoms with van der Waals surface area (Å²) in [6, 6.07) is 13.8. The summed E-state index contributed by atoms with van der Waals surface area (Å²) in [5, 5.41) is 9.13. The van der Waals surface area contributed by atoms with Crippen molar-refractivity contribution >= 4 is 51.9 Å². The molecule has 1 amide bonds. The molecule has 1 aliphatic rings. The van der Waals surface area contributed by atoms with E-state index < -0.39 is 23.6 Å². The Balaban J connectivity index is 1.61. The predicted octanol–water partition coefficient (Wildman–Crippen LogP) is 6.07. The number of furan rings is 1. The molecule has 2 heterocycles. The average Bonchev–Trinajstić information content (AvgIpc) is 3.32. The van der Waals surface area contributed by atoms with Crippen molar-refractivity contribution in [3.05, 3.63) is 82.5 Å². The van der Waals surface area contributed by atoms with Gasteiger partial charge in [0.05, 0.1) is 21.7 Å². The molecule has 1 saturated heterocycles. The Kier molecular flexibility index (Phi) is 5.66. The van der Waals surface area contributed by atoms with Gasteiger partial charge in [-0.25, -0.2) is 4.79 Å². The van der Waals surface area contributed by atoms with Gasteiger partial charge in [-0.1, -0.05) is 42.2 Å². The molecule has 5 nitrogen and oxygen atoms in total. The number of carboxylic acids is 1. The Labute approximate surface area is 189 Å². The number of hydrogen-bond donors (Lipinski definition) is 1. The standard InChI is InChI=1S/C22H12F3NO4S2/c23-22(24,25)14-5-2-6-15(10-14)26-19(27)18(32-21(26)31)11-16-7-8-17(30-16)12-3-1-4-13(9-12)20(28)29/h1-11H,(H,28,29). The van der Waals surface area contributed by atoms with Crippen molar-refractivity contribution in [2.45, 2.75) is 6.18 Å². The van der Waals surface area contributed by atoms with Gasteiger partial charge in [-0.15, -0.1) is 0 Å². The van der Waals surface area contributed by atoms with Gasteiger partial charge in [-0.2, -0.15) is 13.2 Å². The van der Waals surface area contributed by atoms with Crippen LogP contribution in [0, 0.1) is 0 Å². The molecule has 0 atom stereocenters. The molecule has 162 valence electrons. The number of carboxylic acid groups (broad SMARTS) is 1. The number of hydrogen-bond acceptors (Lipinski definition) is 5. The Morgan fingerprint density at radius 3 is 2.56 bits per heavy atom. The topological polar surface area (TPSA) is 70.8 Å². The summed E-state index contributed by atoms with van der Waals surface area (Å²) in [7, 11) is 0. The Hall–Kier alpha value is -3.37. The number of thiocarbonyl (C=S) groups is 1. The van der Waals surface area contributed by atoms with Gasteiger partial charge >= 0.3 is 12.1 Å². The van der Waals surface area contributed by atoms with Gasteiger partial charge in [0.15, 0.2) is 4.32 Å². The first-order valence-corrected chi connectivity index (χ1v) is 10.2. The molecule has 1 N–H and O–H groups in total. The smallest absolute Gasteiger partial charge is 0.416 e. The molecule has 0 unspecified atom stereocenters. The van der Waals surface area contributed by atoms with Gasteiger partial charge in [0, 0.05) is 11.6 Å². The van der Waals surface area contributed by atoms with E-state index in [0.29, 0.717) is 17.1 Å². The molecule has 1 aromatic heterocycles. The van der Waals surface area contributed by atoms with Gasteiger partial charge in [-0.05, 0) is 42.5 Å². The maximum absolute atomic E-state index is 13.0. The molecule has 1 aliphatic heterocycles. The second-order valence-corrected chi connectivity index (χ2v) is 8.33. The maximum atomic E-state index is 13.0. The highest BCUT2D eigenvalue weighted by Gasteiger charge is 2.36. The largest absolute Gasteiger partial charge is 0.478 e. The van der Waals surface area contributed by atoms with Gasteiger partial charge in [-0.3, -0.25) is 9.69 Å². The summed E-state index contributed by atoms with van der Waals surface area (Å²) in [4.78, 5) is 25.2. The third kappa shape index (κ3) is 4.32. The van der Waals surface area contributed by atoms with Crippen LogP contribution in [0.25, 0.3) is 17.4 Å². The van der Waals surface area contributed by atoms with Crippen LogP contribution in [0.1, 0.15) is 21.7 Å². The number of benzene rings is 2.